The highest BCUT2D eigenvalue weighted by Crippen LogP contribution is 2.55. The topological polar surface area (TPSA) is 25.8 Å². The highest BCUT2D eigenvalue weighted by Gasteiger charge is 2.26. The first kappa shape index (κ1) is 13.1. The molecule has 0 amide bonds. The van der Waals surface area contributed by atoms with Crippen LogP contribution >= 0.6 is 11.3 Å². The van der Waals surface area contributed by atoms with Crippen molar-refractivity contribution in [2.45, 2.75) is 0 Å². The second-order valence-corrected chi connectivity index (χ2v) is 12.7. The van der Waals surface area contributed by atoms with Gasteiger partial charge in [0.15, 0.2) is 0 Å². The number of pyridine rings is 2. The lowest BCUT2D eigenvalue weighted by atomic mass is 9.86. The zero-order valence-electron chi connectivity index (χ0n) is 59.3. The monoisotopic (exact) mass is 748 g/mol. The summed E-state index contributed by atoms with van der Waals surface area (Å²) in [7, 11) is 0. The standard InChI is InChI=1S/C52H32N2S/c1-3-14-33(15-4-1)47-48(51(36-16-5-2-6-17-36)55-52(47)45-32-37-18-7-8-20-38(37)39-21-9-12-24-42(39)45)44-29-28-43(40-22-10-11-23-41(40)44)46-30-27-35-26-25-34-19-13-31-53-49(34)50(35)54-46/h1-32H/i1D,2D,3D,4D,5D,6D,7D,8D,9D,10D,11D,12D,13D,14D,15D,16D,17D,18D,19D,20D,21D,22D,23D,24D,25D,26D,27D,28D,29D,30D,31D,32D. The number of rotatable bonds is 5. The molecule has 3 heteroatoms. The van der Waals surface area contributed by atoms with E-state index in [0.29, 0.717) is 0 Å². The number of thiophene rings is 1. The number of hydrogen-bond acceptors (Lipinski definition) is 3. The van der Waals surface area contributed by atoms with Gasteiger partial charge in [-0.25, -0.2) is 4.98 Å². The molecule has 11 aromatic rings. The maximum Gasteiger partial charge on any atom is 0.0972 e. The summed E-state index contributed by atoms with van der Waals surface area (Å²) in [5.41, 5.74) is -7.91. The molecule has 256 valence electrons. The van der Waals surface area contributed by atoms with E-state index in [9.17, 15) is 17.8 Å². The second-order valence-electron chi connectivity index (χ2n) is 11.6. The molecule has 0 spiro atoms. The van der Waals surface area contributed by atoms with Gasteiger partial charge in [-0.15, -0.1) is 11.3 Å². The Bertz CT molecular complexity index is 5080. The van der Waals surface area contributed by atoms with Crippen LogP contribution in [0.4, 0.5) is 0 Å². The number of hydrogen-bond donors (Lipinski definition) is 0. The fourth-order valence-electron chi connectivity index (χ4n) is 6.37. The predicted molar refractivity (Wildman–Crippen MR) is 235 cm³/mol. The Morgan fingerprint density at radius 1 is 0.382 bits per heavy atom. The SMILES string of the molecule is [2H]c1nc2c(c([2H])c1[2H])c([2H])c([2H])c1c([2H])c([2H])c(-c3c([2H])c([2H])c(-c4c(-c5c([2H])c([2H])c([2H])c([2H])c5[2H])sc(-c5c([2H])c6c([2H])c([2H])c([2H])c([2H])c6c6c([2H])c([2H])c([2H])c([2H])c56)c4-c4c([2H])c([2H])c([2H])c([2H])c4[2H])c4c([2H])c([2H])c([2H])c([2H])c34)nc12. The molecule has 3 aromatic heterocycles. The van der Waals surface area contributed by atoms with E-state index in [1.54, 1.807) is 0 Å². The number of aromatic nitrogens is 2. The minimum absolute atomic E-state index is 0.244. The van der Waals surface area contributed by atoms with Gasteiger partial charge in [0, 0.05) is 49.0 Å². The quantitative estimate of drug-likeness (QED) is 0.164. The molecule has 0 bridgehead atoms. The van der Waals surface area contributed by atoms with Crippen LogP contribution in [0.5, 0.6) is 0 Å². The third-order valence-electron chi connectivity index (χ3n) is 8.68. The van der Waals surface area contributed by atoms with Gasteiger partial charge in [0.25, 0.3) is 0 Å². The lowest BCUT2D eigenvalue weighted by Crippen LogP contribution is -1.92. The van der Waals surface area contributed by atoms with Crippen molar-refractivity contribution >= 4 is 65.5 Å². The summed E-state index contributed by atoms with van der Waals surface area (Å²) in [6.07, 6.45) is -0.826. The summed E-state index contributed by atoms with van der Waals surface area (Å²) in [5, 5.41) is -5.44. The van der Waals surface area contributed by atoms with E-state index in [0.717, 1.165) is 0 Å². The van der Waals surface area contributed by atoms with Crippen LogP contribution in [0.2, 0.25) is 0 Å². The van der Waals surface area contributed by atoms with Crippen LogP contribution in [0.15, 0.2) is 193 Å². The number of nitrogens with zero attached hydrogens (tertiary/aromatic N) is 2. The zero-order chi connectivity index (χ0) is 64.1. The fraction of sp³-hybridized carbons (Fsp3) is 0. The van der Waals surface area contributed by atoms with Gasteiger partial charge in [-0.1, -0.05) is 169 Å². The van der Waals surface area contributed by atoms with Crippen LogP contribution in [0.3, 0.4) is 0 Å². The third kappa shape index (κ3) is 5.16. The molecule has 3 heterocycles. The predicted octanol–water partition coefficient (Wildman–Crippen LogP) is 14.6. The van der Waals surface area contributed by atoms with Crippen LogP contribution in [0.1, 0.15) is 43.9 Å². The molecule has 11 rings (SSSR count). The minimum Gasteiger partial charge on any atom is -0.254 e. The molecule has 0 radical (unpaired) electrons. The van der Waals surface area contributed by atoms with Crippen molar-refractivity contribution in [2.75, 3.05) is 0 Å². The van der Waals surface area contributed by atoms with Crippen molar-refractivity contribution in [1.29, 1.82) is 0 Å². The van der Waals surface area contributed by atoms with Gasteiger partial charge in [0.2, 0.25) is 0 Å². The molecule has 0 aliphatic carbocycles. The first-order valence-corrected chi connectivity index (χ1v) is 16.9. The van der Waals surface area contributed by atoms with Crippen LogP contribution in [-0.4, -0.2) is 9.97 Å². The highest BCUT2D eigenvalue weighted by molar-refractivity contribution is 7.20. The summed E-state index contributed by atoms with van der Waals surface area (Å²) in [5.74, 6) is 0. The van der Waals surface area contributed by atoms with Gasteiger partial charge in [0.05, 0.1) is 60.6 Å². The van der Waals surface area contributed by atoms with Crippen molar-refractivity contribution in [3.8, 4) is 54.4 Å². The molecule has 2 nitrogen and oxygen atoms in total. The van der Waals surface area contributed by atoms with E-state index in [2.05, 4.69) is 9.97 Å². The maximum atomic E-state index is 10.2. The molecule has 0 N–H and O–H groups in total. The molecule has 0 unspecified atom stereocenters. The van der Waals surface area contributed by atoms with Crippen molar-refractivity contribution in [2.24, 2.45) is 0 Å². The molecule has 0 saturated carbocycles. The third-order valence-corrected chi connectivity index (χ3v) is 9.90. The van der Waals surface area contributed by atoms with Gasteiger partial charge in [-0.3, -0.25) is 4.98 Å². The van der Waals surface area contributed by atoms with Crippen molar-refractivity contribution in [1.82, 2.24) is 9.97 Å². The Kier molecular flexibility index (Phi) is 3.07. The summed E-state index contributed by atoms with van der Waals surface area (Å²) < 4.78 is 292. The van der Waals surface area contributed by atoms with Crippen LogP contribution in [0.25, 0.3) is 109 Å². The Balaban J connectivity index is 1.49. The molecule has 8 aromatic carbocycles. The molecular weight excluding hydrogens is 685 g/mol. The zero-order valence-corrected chi connectivity index (χ0v) is 28.1. The van der Waals surface area contributed by atoms with E-state index in [1.807, 2.05) is 0 Å². The van der Waals surface area contributed by atoms with Gasteiger partial charge in [-0.2, -0.15) is 0 Å². The second kappa shape index (κ2) is 12.9. The average molecular weight is 749 g/mol. The van der Waals surface area contributed by atoms with Gasteiger partial charge >= 0.3 is 0 Å². The molecule has 0 atom stereocenters. The summed E-state index contributed by atoms with van der Waals surface area (Å²) in [6.45, 7) is 0. The van der Waals surface area contributed by atoms with Crippen molar-refractivity contribution < 1.29 is 43.9 Å². The molecular formula is C52H32N2S. The number of benzene rings is 8. The molecule has 0 aliphatic rings. The van der Waals surface area contributed by atoms with E-state index >= 15 is 0 Å². The molecule has 0 aliphatic heterocycles. The molecule has 55 heavy (non-hydrogen) atoms. The van der Waals surface area contributed by atoms with E-state index < -0.39 is 302 Å². The first-order chi connectivity index (χ1) is 40.6. The average Bonchev–Trinajstić information content (AvgIpc) is 1.69. The summed E-state index contributed by atoms with van der Waals surface area (Å²) >= 11 is 0.244. The first-order valence-electron chi connectivity index (χ1n) is 32.1. The Morgan fingerprint density at radius 2 is 0.945 bits per heavy atom. The number of fused-ring (bicyclic) bond motifs is 7. The van der Waals surface area contributed by atoms with Gasteiger partial charge < -0.3 is 0 Å². The Labute approximate surface area is 367 Å². The lowest BCUT2D eigenvalue weighted by Gasteiger charge is -2.16. The Hall–Kier alpha value is -6.94. The van der Waals surface area contributed by atoms with Crippen LogP contribution in [0, 0.1) is 0 Å². The molecule has 0 fully saturated rings. The maximum absolute atomic E-state index is 10.2. The van der Waals surface area contributed by atoms with Crippen molar-refractivity contribution in [3.05, 3.63) is 193 Å². The van der Waals surface area contributed by atoms with E-state index in [-0.39, 0.29) is 11.3 Å². The fourth-order valence-corrected chi connectivity index (χ4v) is 7.65. The molecule has 0 saturated heterocycles. The van der Waals surface area contributed by atoms with Gasteiger partial charge in [0.1, 0.15) is 0 Å². The van der Waals surface area contributed by atoms with Crippen LogP contribution in [-0.2, 0) is 0 Å². The van der Waals surface area contributed by atoms with E-state index in [4.69, 9.17) is 26.0 Å². The normalized spacial score (nSPS) is 19.8. The minimum atomic E-state index is -1.20. The van der Waals surface area contributed by atoms with E-state index in [1.165, 1.54) is 0 Å². The summed E-state index contributed by atoms with van der Waals surface area (Å²) in [6, 6.07) is -30.8. The Morgan fingerprint density at radius 3 is 1.71 bits per heavy atom. The smallest absolute Gasteiger partial charge is 0.0972 e. The van der Waals surface area contributed by atoms with Gasteiger partial charge in [-0.05, 0) is 67.1 Å². The highest BCUT2D eigenvalue weighted by atomic mass is 32.1. The largest absolute Gasteiger partial charge is 0.254 e. The van der Waals surface area contributed by atoms with Crippen molar-refractivity contribution in [3.63, 3.8) is 0 Å². The van der Waals surface area contributed by atoms with Crippen LogP contribution < -0.4 is 0 Å². The lowest BCUT2D eigenvalue weighted by molar-refractivity contribution is 1.37. The summed E-state index contributed by atoms with van der Waals surface area (Å²) in [4.78, 5) is 7.15.